The summed E-state index contributed by atoms with van der Waals surface area (Å²) in [4.78, 5) is 16.1. The number of piperidine rings is 1. The quantitative estimate of drug-likeness (QED) is 0.334. The van der Waals surface area contributed by atoms with Crippen LogP contribution >= 0.6 is 0 Å². The van der Waals surface area contributed by atoms with Crippen molar-refractivity contribution in [1.29, 1.82) is 0 Å². The van der Waals surface area contributed by atoms with Crippen molar-refractivity contribution in [1.82, 2.24) is 4.90 Å². The van der Waals surface area contributed by atoms with Gasteiger partial charge in [0.1, 0.15) is 23.9 Å². The molecule has 0 amide bonds. The lowest BCUT2D eigenvalue weighted by Gasteiger charge is -2.27. The maximum absolute atomic E-state index is 13.7. The highest BCUT2D eigenvalue weighted by Gasteiger charge is 2.26. The molecule has 0 spiro atoms. The largest absolute Gasteiger partial charge is 0.497 e. The van der Waals surface area contributed by atoms with E-state index < -0.39 is 0 Å². The van der Waals surface area contributed by atoms with Gasteiger partial charge in [-0.05, 0) is 122 Å². The first kappa shape index (κ1) is 25.3. The molecule has 1 aliphatic carbocycles. The summed E-state index contributed by atoms with van der Waals surface area (Å²) in [7, 11) is 3.37. The number of benzene rings is 3. The van der Waals surface area contributed by atoms with E-state index in [2.05, 4.69) is 17.0 Å². The van der Waals surface area contributed by atoms with Crippen molar-refractivity contribution in [3.05, 3.63) is 88.5 Å². The second-order valence-corrected chi connectivity index (χ2v) is 10.1. The zero-order valence-electron chi connectivity index (χ0n) is 22.0. The highest BCUT2D eigenvalue weighted by atomic mass is 16.5. The fourth-order valence-corrected chi connectivity index (χ4v) is 5.67. The van der Waals surface area contributed by atoms with Gasteiger partial charge in [0.2, 0.25) is 0 Å². The molecule has 5 nitrogen and oxygen atoms in total. The Morgan fingerprint density at radius 2 is 1.54 bits per heavy atom. The monoisotopic (exact) mass is 499 g/mol. The number of carbonyl (C=O) groups is 1. The SMILES string of the molecule is COc1ccc2c(c1)CC(c1cc(OC)ccc1C(=O)c1ccc(OCCN3CCCCC3)cc1)CC2. The van der Waals surface area contributed by atoms with Gasteiger partial charge in [-0.2, -0.15) is 0 Å². The van der Waals surface area contributed by atoms with Crippen molar-refractivity contribution in [2.75, 3.05) is 40.5 Å². The van der Waals surface area contributed by atoms with E-state index >= 15 is 0 Å². The van der Waals surface area contributed by atoms with Crippen molar-refractivity contribution in [2.45, 2.75) is 44.4 Å². The summed E-state index contributed by atoms with van der Waals surface area (Å²) >= 11 is 0. The number of likely N-dealkylation sites (tertiary alicyclic amines) is 1. The van der Waals surface area contributed by atoms with Gasteiger partial charge >= 0.3 is 0 Å². The molecule has 2 aliphatic rings. The first-order valence-corrected chi connectivity index (χ1v) is 13.5. The summed E-state index contributed by atoms with van der Waals surface area (Å²) in [5.74, 6) is 2.74. The maximum Gasteiger partial charge on any atom is 0.193 e. The van der Waals surface area contributed by atoms with Crippen molar-refractivity contribution in [3.63, 3.8) is 0 Å². The van der Waals surface area contributed by atoms with Crippen LogP contribution < -0.4 is 14.2 Å². The molecule has 0 saturated carbocycles. The molecule has 3 aromatic carbocycles. The number of hydrogen-bond acceptors (Lipinski definition) is 5. The Hall–Kier alpha value is -3.31. The Morgan fingerprint density at radius 1 is 0.838 bits per heavy atom. The lowest BCUT2D eigenvalue weighted by molar-refractivity contribution is 0.103. The van der Waals surface area contributed by atoms with Gasteiger partial charge in [0.25, 0.3) is 0 Å². The minimum Gasteiger partial charge on any atom is -0.497 e. The molecule has 194 valence electrons. The van der Waals surface area contributed by atoms with Gasteiger partial charge in [0.15, 0.2) is 5.78 Å². The van der Waals surface area contributed by atoms with Gasteiger partial charge in [-0.1, -0.05) is 12.5 Å². The minimum absolute atomic E-state index is 0.0361. The van der Waals surface area contributed by atoms with E-state index in [0.717, 1.165) is 54.2 Å². The fourth-order valence-electron chi connectivity index (χ4n) is 5.67. The van der Waals surface area contributed by atoms with Crippen LogP contribution in [0.3, 0.4) is 0 Å². The average molecular weight is 500 g/mol. The van der Waals surface area contributed by atoms with Gasteiger partial charge in [-0.15, -0.1) is 0 Å². The molecule has 0 aromatic heterocycles. The normalized spacial score (nSPS) is 17.6. The van der Waals surface area contributed by atoms with E-state index in [-0.39, 0.29) is 11.7 Å². The third-order valence-corrected chi connectivity index (χ3v) is 7.83. The fraction of sp³-hybridized carbons (Fsp3) is 0.406. The first-order chi connectivity index (χ1) is 18.1. The molecule has 1 aliphatic heterocycles. The minimum atomic E-state index is 0.0361. The smallest absolute Gasteiger partial charge is 0.193 e. The number of hydrogen-bond donors (Lipinski definition) is 0. The van der Waals surface area contributed by atoms with E-state index in [0.29, 0.717) is 12.2 Å². The molecule has 1 saturated heterocycles. The van der Waals surface area contributed by atoms with Crippen molar-refractivity contribution in [2.24, 2.45) is 0 Å². The number of aryl methyl sites for hydroxylation is 1. The van der Waals surface area contributed by atoms with Crippen molar-refractivity contribution < 1.29 is 19.0 Å². The van der Waals surface area contributed by atoms with Crippen LogP contribution in [-0.4, -0.2) is 51.1 Å². The molecule has 1 heterocycles. The lowest BCUT2D eigenvalue weighted by atomic mass is 9.77. The second kappa shape index (κ2) is 11.8. The van der Waals surface area contributed by atoms with E-state index in [1.54, 1.807) is 14.2 Å². The van der Waals surface area contributed by atoms with Gasteiger partial charge < -0.3 is 14.2 Å². The number of rotatable bonds is 9. The molecule has 5 rings (SSSR count). The molecular weight excluding hydrogens is 462 g/mol. The van der Waals surface area contributed by atoms with Crippen LogP contribution in [-0.2, 0) is 12.8 Å². The first-order valence-electron chi connectivity index (χ1n) is 13.5. The van der Waals surface area contributed by atoms with Crippen molar-refractivity contribution in [3.8, 4) is 17.2 Å². The van der Waals surface area contributed by atoms with Gasteiger partial charge in [-0.3, -0.25) is 9.69 Å². The zero-order valence-corrected chi connectivity index (χ0v) is 22.0. The summed E-state index contributed by atoms with van der Waals surface area (Å²) < 4.78 is 17.0. The lowest BCUT2D eigenvalue weighted by Crippen LogP contribution is -2.33. The van der Waals surface area contributed by atoms with Gasteiger partial charge in [0.05, 0.1) is 14.2 Å². The van der Waals surface area contributed by atoms with Crippen LogP contribution in [0.25, 0.3) is 0 Å². The molecule has 0 radical (unpaired) electrons. The number of methoxy groups -OCH3 is 2. The summed E-state index contributed by atoms with van der Waals surface area (Å²) in [5, 5.41) is 0. The number of ether oxygens (including phenoxy) is 3. The van der Waals surface area contributed by atoms with Crippen LogP contribution in [0.15, 0.2) is 60.7 Å². The topological polar surface area (TPSA) is 48.0 Å². The Balaban J connectivity index is 1.31. The molecule has 1 unspecified atom stereocenters. The third-order valence-electron chi connectivity index (χ3n) is 7.83. The van der Waals surface area contributed by atoms with Crippen LogP contribution in [0.1, 0.15) is 64.2 Å². The Kier molecular flexibility index (Phi) is 8.10. The van der Waals surface area contributed by atoms with Gasteiger partial charge in [-0.25, -0.2) is 0 Å². The number of fused-ring (bicyclic) bond motifs is 1. The number of nitrogens with zero attached hydrogens (tertiary/aromatic N) is 1. The number of carbonyl (C=O) groups excluding carboxylic acids is 1. The molecule has 37 heavy (non-hydrogen) atoms. The Labute approximate surface area is 220 Å². The predicted octanol–water partition coefficient (Wildman–Crippen LogP) is 6.07. The molecule has 5 heteroatoms. The standard InChI is InChI=1S/C32H37NO4/c1-35-28-13-8-23-6-7-25(20-26(23)21-28)31-22-29(36-2)14-15-30(31)32(34)24-9-11-27(12-10-24)37-19-18-33-16-4-3-5-17-33/h8-15,21-22,25H,3-7,16-20H2,1-2H3. The van der Waals surface area contributed by atoms with E-state index in [1.807, 2.05) is 48.5 Å². The summed E-state index contributed by atoms with van der Waals surface area (Å²) in [5.41, 5.74) is 5.13. The van der Waals surface area contributed by atoms with Crippen LogP contribution in [0.2, 0.25) is 0 Å². The van der Waals surface area contributed by atoms with Gasteiger partial charge in [0, 0.05) is 17.7 Å². The predicted molar refractivity (Wildman–Crippen MR) is 146 cm³/mol. The van der Waals surface area contributed by atoms with Crippen molar-refractivity contribution >= 4 is 5.78 Å². The summed E-state index contributed by atoms with van der Waals surface area (Å²) in [6, 6.07) is 19.8. The molecule has 0 N–H and O–H groups in total. The van der Waals surface area contributed by atoms with E-state index in [9.17, 15) is 4.79 Å². The van der Waals surface area contributed by atoms with Crippen LogP contribution in [0, 0.1) is 0 Å². The molecule has 1 atom stereocenters. The third kappa shape index (κ3) is 5.99. The Bertz CT molecular complexity index is 1210. The highest BCUT2D eigenvalue weighted by molar-refractivity contribution is 6.10. The summed E-state index contributed by atoms with van der Waals surface area (Å²) in [6.45, 7) is 3.96. The van der Waals surface area contributed by atoms with E-state index in [1.165, 1.54) is 43.5 Å². The maximum atomic E-state index is 13.7. The highest BCUT2D eigenvalue weighted by Crippen LogP contribution is 2.37. The molecule has 1 fully saturated rings. The van der Waals surface area contributed by atoms with E-state index in [4.69, 9.17) is 14.2 Å². The summed E-state index contributed by atoms with van der Waals surface area (Å²) in [6.07, 6.45) is 6.77. The van der Waals surface area contributed by atoms with Crippen LogP contribution in [0.5, 0.6) is 17.2 Å². The molecule has 3 aromatic rings. The zero-order chi connectivity index (χ0) is 25.6. The molecule has 0 bridgehead atoms. The van der Waals surface area contributed by atoms with Crippen LogP contribution in [0.4, 0.5) is 0 Å². The second-order valence-electron chi connectivity index (χ2n) is 10.1. The molecular formula is C32H37NO4. The Morgan fingerprint density at radius 3 is 2.30 bits per heavy atom. The number of ketones is 1. The average Bonchev–Trinajstić information content (AvgIpc) is 2.96.